The second-order valence-corrected chi connectivity index (χ2v) is 9.89. The van der Waals surface area contributed by atoms with Crippen LogP contribution in [0.15, 0.2) is 63.9 Å². The normalized spacial score (nSPS) is 15.5. The molecule has 0 bridgehead atoms. The maximum atomic E-state index is 14.0. The lowest BCUT2D eigenvalue weighted by atomic mass is 10.1. The van der Waals surface area contributed by atoms with E-state index >= 15 is 0 Å². The number of carbonyl (C=O) groups is 2. The zero-order valence-corrected chi connectivity index (χ0v) is 18.3. The Morgan fingerprint density at radius 2 is 1.94 bits per heavy atom. The quantitative estimate of drug-likeness (QED) is 0.600. The summed E-state index contributed by atoms with van der Waals surface area (Å²) in [6.45, 7) is 3.40. The van der Waals surface area contributed by atoms with Crippen LogP contribution in [0.3, 0.4) is 0 Å². The SMILES string of the molecule is CC(C)N1C(=O)c2ccc(C(=O)N=c3sccn3Cc3ccccc3F)cc2S1(=O)=O. The minimum Gasteiger partial charge on any atom is -0.319 e. The van der Waals surface area contributed by atoms with Gasteiger partial charge in [0.15, 0.2) is 4.80 Å². The molecule has 0 fully saturated rings. The highest BCUT2D eigenvalue weighted by molar-refractivity contribution is 7.90. The molecule has 1 aliphatic rings. The minimum absolute atomic E-state index is 0.0380. The third-order valence-electron chi connectivity index (χ3n) is 4.82. The van der Waals surface area contributed by atoms with Crippen LogP contribution in [0.1, 0.15) is 40.1 Å². The van der Waals surface area contributed by atoms with Crippen molar-refractivity contribution >= 4 is 33.2 Å². The number of benzene rings is 2. The monoisotopic (exact) mass is 459 g/mol. The van der Waals surface area contributed by atoms with Gasteiger partial charge in [0, 0.05) is 28.7 Å². The van der Waals surface area contributed by atoms with E-state index in [9.17, 15) is 22.4 Å². The van der Waals surface area contributed by atoms with Crippen LogP contribution in [0, 0.1) is 5.82 Å². The average Bonchev–Trinajstić information content (AvgIpc) is 3.23. The predicted octanol–water partition coefficient (Wildman–Crippen LogP) is 3.03. The molecule has 10 heteroatoms. The topological polar surface area (TPSA) is 88.8 Å². The molecule has 3 aromatic rings. The Bertz CT molecular complexity index is 1370. The Labute approximate surface area is 182 Å². The van der Waals surface area contributed by atoms with Gasteiger partial charge in [0.25, 0.3) is 21.8 Å². The Morgan fingerprint density at radius 1 is 1.19 bits per heavy atom. The molecule has 4 rings (SSSR count). The second-order valence-electron chi connectivity index (χ2n) is 7.23. The van der Waals surface area contributed by atoms with E-state index in [-0.39, 0.29) is 28.4 Å². The largest absolute Gasteiger partial charge is 0.319 e. The summed E-state index contributed by atoms with van der Waals surface area (Å²) in [5.41, 5.74) is 0.535. The van der Waals surface area contributed by atoms with E-state index in [1.165, 1.54) is 35.6 Å². The maximum absolute atomic E-state index is 14.0. The van der Waals surface area contributed by atoms with Crippen molar-refractivity contribution in [2.75, 3.05) is 0 Å². The summed E-state index contributed by atoms with van der Waals surface area (Å²) in [5, 5.41) is 1.72. The van der Waals surface area contributed by atoms with Crippen LogP contribution >= 0.6 is 11.3 Å². The maximum Gasteiger partial charge on any atom is 0.279 e. The summed E-state index contributed by atoms with van der Waals surface area (Å²) in [7, 11) is -4.02. The highest BCUT2D eigenvalue weighted by Gasteiger charge is 2.42. The first-order valence-electron chi connectivity index (χ1n) is 9.39. The van der Waals surface area contributed by atoms with Gasteiger partial charge < -0.3 is 4.57 Å². The van der Waals surface area contributed by atoms with Crippen LogP contribution in [0.5, 0.6) is 0 Å². The van der Waals surface area contributed by atoms with Gasteiger partial charge in [-0.15, -0.1) is 11.3 Å². The molecule has 0 saturated heterocycles. The van der Waals surface area contributed by atoms with Crippen molar-refractivity contribution in [2.45, 2.75) is 31.3 Å². The molecular weight excluding hydrogens is 441 g/mol. The van der Waals surface area contributed by atoms with E-state index in [2.05, 4.69) is 4.99 Å². The zero-order chi connectivity index (χ0) is 22.3. The lowest BCUT2D eigenvalue weighted by molar-refractivity contribution is 0.0845. The molecule has 2 amide bonds. The van der Waals surface area contributed by atoms with Crippen molar-refractivity contribution in [1.29, 1.82) is 0 Å². The van der Waals surface area contributed by atoms with Crippen molar-refractivity contribution in [3.8, 4) is 0 Å². The van der Waals surface area contributed by atoms with Gasteiger partial charge in [0.2, 0.25) is 0 Å². The number of aromatic nitrogens is 1. The van der Waals surface area contributed by atoms with Gasteiger partial charge in [-0.3, -0.25) is 9.59 Å². The predicted molar refractivity (Wildman–Crippen MR) is 113 cm³/mol. The molecule has 0 aliphatic carbocycles. The molecule has 0 spiro atoms. The third kappa shape index (κ3) is 3.72. The lowest BCUT2D eigenvalue weighted by Crippen LogP contribution is -2.36. The first-order chi connectivity index (χ1) is 14.7. The summed E-state index contributed by atoms with van der Waals surface area (Å²) < 4.78 is 41.9. The molecule has 160 valence electrons. The molecule has 1 aliphatic heterocycles. The highest BCUT2D eigenvalue weighted by atomic mass is 32.2. The van der Waals surface area contributed by atoms with Crippen LogP contribution in [0.25, 0.3) is 0 Å². The number of hydrogen-bond donors (Lipinski definition) is 0. The fourth-order valence-electron chi connectivity index (χ4n) is 3.36. The van der Waals surface area contributed by atoms with Gasteiger partial charge in [0.1, 0.15) is 10.7 Å². The van der Waals surface area contributed by atoms with Crippen LogP contribution in [0.2, 0.25) is 0 Å². The summed E-state index contributed by atoms with van der Waals surface area (Å²) in [6, 6.07) is 9.69. The number of halogens is 1. The second kappa shape index (κ2) is 7.86. The number of carbonyl (C=O) groups excluding carboxylic acids is 2. The molecule has 1 aromatic heterocycles. The number of rotatable bonds is 4. The van der Waals surface area contributed by atoms with Gasteiger partial charge in [0.05, 0.1) is 12.1 Å². The van der Waals surface area contributed by atoms with Crippen molar-refractivity contribution in [2.24, 2.45) is 4.99 Å². The minimum atomic E-state index is -4.02. The molecule has 2 heterocycles. The number of hydrogen-bond acceptors (Lipinski definition) is 5. The van der Waals surface area contributed by atoms with E-state index in [1.54, 1.807) is 48.2 Å². The molecule has 0 radical (unpaired) electrons. The highest BCUT2D eigenvalue weighted by Crippen LogP contribution is 2.32. The zero-order valence-electron chi connectivity index (χ0n) is 16.6. The molecule has 31 heavy (non-hydrogen) atoms. The standard InChI is InChI=1S/C21H18FN3O4S2/c1-13(2)25-20(27)16-8-7-14(11-18(16)31(25,28)29)19(26)23-21-24(9-10-30-21)12-15-5-3-4-6-17(15)22/h3-11,13H,12H2,1-2H3. The van der Waals surface area contributed by atoms with Gasteiger partial charge in [-0.05, 0) is 38.1 Å². The van der Waals surface area contributed by atoms with E-state index in [1.807, 2.05) is 0 Å². The van der Waals surface area contributed by atoms with Gasteiger partial charge in [-0.1, -0.05) is 18.2 Å². The van der Waals surface area contributed by atoms with E-state index in [4.69, 9.17) is 0 Å². The number of thiazole rings is 1. The fourth-order valence-corrected chi connectivity index (χ4v) is 5.88. The number of amides is 2. The van der Waals surface area contributed by atoms with E-state index in [0.29, 0.717) is 10.4 Å². The van der Waals surface area contributed by atoms with Crippen molar-refractivity contribution in [1.82, 2.24) is 8.87 Å². The summed E-state index contributed by atoms with van der Waals surface area (Å²) in [6.07, 6.45) is 1.69. The Morgan fingerprint density at radius 3 is 2.65 bits per heavy atom. The summed E-state index contributed by atoms with van der Waals surface area (Å²) in [4.78, 5) is 29.4. The Kier molecular flexibility index (Phi) is 5.36. The molecule has 0 saturated carbocycles. The summed E-state index contributed by atoms with van der Waals surface area (Å²) in [5.74, 6) is -1.62. The number of nitrogens with zero attached hydrogens (tertiary/aromatic N) is 3. The lowest BCUT2D eigenvalue weighted by Gasteiger charge is -2.18. The molecular formula is C21H18FN3O4S2. The smallest absolute Gasteiger partial charge is 0.279 e. The van der Waals surface area contributed by atoms with Gasteiger partial charge >= 0.3 is 0 Å². The van der Waals surface area contributed by atoms with Gasteiger partial charge in [-0.25, -0.2) is 17.1 Å². The first kappa shape index (κ1) is 21.1. The van der Waals surface area contributed by atoms with E-state index < -0.39 is 27.9 Å². The van der Waals surface area contributed by atoms with E-state index in [0.717, 1.165) is 4.31 Å². The van der Waals surface area contributed by atoms with Crippen LogP contribution in [0.4, 0.5) is 4.39 Å². The average molecular weight is 460 g/mol. The molecule has 0 N–H and O–H groups in total. The van der Waals surface area contributed by atoms with Gasteiger partial charge in [-0.2, -0.15) is 4.99 Å². The fraction of sp³-hybridized carbons (Fsp3) is 0.190. The van der Waals surface area contributed by atoms with Crippen LogP contribution in [-0.2, 0) is 16.6 Å². The molecule has 0 atom stereocenters. The molecule has 0 unspecified atom stereocenters. The van der Waals surface area contributed by atoms with Crippen molar-refractivity contribution in [3.05, 3.63) is 81.4 Å². The van der Waals surface area contributed by atoms with Crippen LogP contribution < -0.4 is 4.80 Å². The van der Waals surface area contributed by atoms with Crippen molar-refractivity contribution < 1.29 is 22.4 Å². The molecule has 2 aromatic carbocycles. The first-order valence-corrected chi connectivity index (χ1v) is 11.7. The van der Waals surface area contributed by atoms with Crippen LogP contribution in [-0.4, -0.2) is 35.1 Å². The Balaban J connectivity index is 1.69. The summed E-state index contributed by atoms with van der Waals surface area (Å²) >= 11 is 1.20. The number of fused-ring (bicyclic) bond motifs is 1. The molecule has 7 nitrogen and oxygen atoms in total. The third-order valence-corrected chi connectivity index (χ3v) is 7.61. The Hall–Kier alpha value is -3.11. The number of sulfonamides is 1. The van der Waals surface area contributed by atoms with Crippen molar-refractivity contribution in [3.63, 3.8) is 0 Å².